The normalized spacial score (nSPS) is 12.5. The molecule has 1 aromatic rings. The van der Waals surface area contributed by atoms with E-state index in [4.69, 9.17) is 0 Å². The third-order valence-electron chi connectivity index (χ3n) is 3.00. The van der Waals surface area contributed by atoms with E-state index in [9.17, 15) is 8.42 Å². The van der Waals surface area contributed by atoms with E-state index >= 15 is 0 Å². The van der Waals surface area contributed by atoms with E-state index in [1.807, 2.05) is 6.92 Å². The van der Waals surface area contributed by atoms with Crippen molar-refractivity contribution < 1.29 is 8.42 Å². The van der Waals surface area contributed by atoms with Crippen LogP contribution in [0, 0.1) is 0 Å². The Kier molecular flexibility index (Phi) is 6.28. The molecule has 0 saturated heterocycles. The molecule has 104 valence electrons. The maximum atomic E-state index is 12.3. The Bertz CT molecular complexity index is 425. The molecule has 1 heterocycles. The van der Waals surface area contributed by atoms with Crippen LogP contribution in [-0.2, 0) is 10.0 Å². The van der Waals surface area contributed by atoms with Crippen LogP contribution in [0.3, 0.4) is 0 Å². The van der Waals surface area contributed by atoms with Crippen LogP contribution >= 0.6 is 11.3 Å². The monoisotopic (exact) mass is 290 g/mol. The van der Waals surface area contributed by atoms with Crippen LogP contribution in [0.5, 0.6) is 0 Å². The molecule has 0 saturated carbocycles. The molecule has 0 spiro atoms. The summed E-state index contributed by atoms with van der Waals surface area (Å²) in [7, 11) is -3.29. The van der Waals surface area contributed by atoms with E-state index in [0.29, 0.717) is 17.3 Å². The number of hydrogen-bond donors (Lipinski definition) is 0. The summed E-state index contributed by atoms with van der Waals surface area (Å²) < 4.78 is 26.6. The van der Waals surface area contributed by atoms with Gasteiger partial charge in [0.1, 0.15) is 4.21 Å². The molecule has 0 aliphatic heterocycles. The zero-order chi connectivity index (χ0) is 13.6. The predicted molar refractivity (Wildman–Crippen MR) is 76.5 cm³/mol. The Labute approximate surface area is 114 Å². The topological polar surface area (TPSA) is 40.6 Å². The second-order valence-corrected chi connectivity index (χ2v) is 7.07. The smallest absolute Gasteiger partial charge is 0.252 e. The van der Waals surface area contributed by atoms with Gasteiger partial charge in [-0.05, 0) is 24.5 Å². The molecular weight excluding hydrogens is 268 g/mol. The van der Waals surface area contributed by atoms with Gasteiger partial charge in [0.15, 0.2) is 0 Å². The molecule has 0 fully saturated rings. The fourth-order valence-corrected chi connectivity index (χ4v) is 4.36. The summed E-state index contributed by atoms with van der Waals surface area (Å²) in [6.07, 6.45) is 0. The summed E-state index contributed by atoms with van der Waals surface area (Å²) in [4.78, 5) is 2.23. The molecule has 0 aliphatic carbocycles. The number of rotatable bonds is 8. The van der Waals surface area contributed by atoms with Gasteiger partial charge in [-0.15, -0.1) is 11.3 Å². The summed E-state index contributed by atoms with van der Waals surface area (Å²) in [5.74, 6) is 0. The van der Waals surface area contributed by atoms with Crippen molar-refractivity contribution in [2.45, 2.75) is 25.0 Å². The molecule has 0 aromatic carbocycles. The van der Waals surface area contributed by atoms with Crippen LogP contribution < -0.4 is 0 Å². The van der Waals surface area contributed by atoms with Crippen molar-refractivity contribution in [3.63, 3.8) is 0 Å². The quantitative estimate of drug-likeness (QED) is 0.736. The van der Waals surface area contributed by atoms with Gasteiger partial charge in [-0.25, -0.2) is 8.42 Å². The van der Waals surface area contributed by atoms with Crippen LogP contribution in [0.1, 0.15) is 20.8 Å². The van der Waals surface area contributed by atoms with E-state index in [-0.39, 0.29) is 0 Å². The van der Waals surface area contributed by atoms with Gasteiger partial charge in [0.2, 0.25) is 0 Å². The minimum Gasteiger partial charge on any atom is -0.303 e. The van der Waals surface area contributed by atoms with Gasteiger partial charge in [-0.3, -0.25) is 0 Å². The highest BCUT2D eigenvalue weighted by atomic mass is 32.2. The second-order valence-electron chi connectivity index (χ2n) is 3.96. The Morgan fingerprint density at radius 3 is 2.22 bits per heavy atom. The third kappa shape index (κ3) is 3.78. The van der Waals surface area contributed by atoms with Crippen LogP contribution in [-0.4, -0.2) is 50.3 Å². The van der Waals surface area contributed by atoms with Crippen molar-refractivity contribution in [3.8, 4) is 0 Å². The molecule has 0 N–H and O–H groups in total. The van der Waals surface area contributed by atoms with Gasteiger partial charge in [0, 0.05) is 19.6 Å². The number of nitrogens with zero attached hydrogens (tertiary/aromatic N) is 2. The van der Waals surface area contributed by atoms with Gasteiger partial charge in [0.05, 0.1) is 0 Å². The summed E-state index contributed by atoms with van der Waals surface area (Å²) in [6, 6.07) is 3.44. The van der Waals surface area contributed by atoms with Gasteiger partial charge in [0.25, 0.3) is 10.0 Å². The first-order valence-electron chi connectivity index (χ1n) is 6.32. The lowest BCUT2D eigenvalue weighted by Crippen LogP contribution is -2.38. The summed E-state index contributed by atoms with van der Waals surface area (Å²) in [5.41, 5.74) is 0. The van der Waals surface area contributed by atoms with Crippen molar-refractivity contribution in [2.75, 3.05) is 32.7 Å². The van der Waals surface area contributed by atoms with Crippen LogP contribution in [0.4, 0.5) is 0 Å². The second kappa shape index (κ2) is 7.23. The van der Waals surface area contributed by atoms with Gasteiger partial charge in [-0.1, -0.05) is 26.8 Å². The average Bonchev–Trinajstić information content (AvgIpc) is 2.89. The summed E-state index contributed by atoms with van der Waals surface area (Å²) in [6.45, 7) is 9.82. The van der Waals surface area contributed by atoms with Gasteiger partial charge < -0.3 is 4.90 Å². The number of likely N-dealkylation sites (N-methyl/N-ethyl adjacent to an activating group) is 2. The SMILES string of the molecule is CCN(CC)CCN(CC)S(=O)(=O)c1cccs1. The fraction of sp³-hybridized carbons (Fsp3) is 0.667. The number of hydrogen-bond acceptors (Lipinski definition) is 4. The molecule has 1 rings (SSSR count). The maximum absolute atomic E-state index is 12.3. The largest absolute Gasteiger partial charge is 0.303 e. The molecule has 6 heteroatoms. The van der Waals surface area contributed by atoms with Crippen molar-refractivity contribution in [1.82, 2.24) is 9.21 Å². The molecule has 4 nitrogen and oxygen atoms in total. The fourth-order valence-electron chi connectivity index (χ4n) is 1.78. The predicted octanol–water partition coefficient (Wildman–Crippen LogP) is 2.10. The van der Waals surface area contributed by atoms with Crippen LogP contribution in [0.25, 0.3) is 0 Å². The zero-order valence-corrected chi connectivity index (χ0v) is 12.9. The lowest BCUT2D eigenvalue weighted by Gasteiger charge is -2.24. The molecule has 0 amide bonds. The highest BCUT2D eigenvalue weighted by Gasteiger charge is 2.23. The third-order valence-corrected chi connectivity index (χ3v) is 6.35. The molecular formula is C12H22N2O2S2. The lowest BCUT2D eigenvalue weighted by atomic mass is 10.4. The number of sulfonamides is 1. The Morgan fingerprint density at radius 1 is 1.11 bits per heavy atom. The highest BCUT2D eigenvalue weighted by molar-refractivity contribution is 7.91. The number of thiophene rings is 1. The summed E-state index contributed by atoms with van der Waals surface area (Å²) in [5, 5.41) is 1.80. The van der Waals surface area contributed by atoms with Crippen LogP contribution in [0.15, 0.2) is 21.7 Å². The maximum Gasteiger partial charge on any atom is 0.252 e. The van der Waals surface area contributed by atoms with E-state index in [1.165, 1.54) is 11.3 Å². The first-order chi connectivity index (χ1) is 8.56. The van der Waals surface area contributed by atoms with Crippen molar-refractivity contribution >= 4 is 21.4 Å². The Balaban J connectivity index is 2.72. The van der Waals surface area contributed by atoms with Crippen molar-refractivity contribution in [2.24, 2.45) is 0 Å². The van der Waals surface area contributed by atoms with E-state index < -0.39 is 10.0 Å². The molecule has 0 atom stereocenters. The lowest BCUT2D eigenvalue weighted by molar-refractivity contribution is 0.274. The molecule has 0 bridgehead atoms. The minimum atomic E-state index is -3.29. The van der Waals surface area contributed by atoms with Crippen molar-refractivity contribution in [3.05, 3.63) is 17.5 Å². The molecule has 0 aliphatic rings. The molecule has 18 heavy (non-hydrogen) atoms. The summed E-state index contributed by atoms with van der Waals surface area (Å²) >= 11 is 1.28. The standard InChI is InChI=1S/C12H22N2O2S2/c1-4-13(5-2)9-10-14(6-3)18(15,16)12-8-7-11-17-12/h7-8,11H,4-6,9-10H2,1-3H3. The van der Waals surface area contributed by atoms with Crippen molar-refractivity contribution in [1.29, 1.82) is 0 Å². The first-order valence-corrected chi connectivity index (χ1v) is 8.64. The Hall–Kier alpha value is -0.430. The van der Waals surface area contributed by atoms with Crippen LogP contribution in [0.2, 0.25) is 0 Å². The highest BCUT2D eigenvalue weighted by Crippen LogP contribution is 2.20. The minimum absolute atomic E-state index is 0.434. The van der Waals surface area contributed by atoms with E-state index in [1.54, 1.807) is 21.8 Å². The zero-order valence-electron chi connectivity index (χ0n) is 11.3. The van der Waals surface area contributed by atoms with E-state index in [0.717, 1.165) is 19.6 Å². The molecule has 0 unspecified atom stereocenters. The first kappa shape index (κ1) is 15.6. The Morgan fingerprint density at radius 2 is 1.78 bits per heavy atom. The van der Waals surface area contributed by atoms with Gasteiger partial charge >= 0.3 is 0 Å². The van der Waals surface area contributed by atoms with E-state index in [2.05, 4.69) is 18.7 Å². The molecule has 1 aromatic heterocycles. The average molecular weight is 290 g/mol. The molecule has 0 radical (unpaired) electrons. The van der Waals surface area contributed by atoms with Gasteiger partial charge in [-0.2, -0.15) is 4.31 Å².